The minimum Gasteiger partial charge on any atom is -0.314 e. The van der Waals surface area contributed by atoms with Crippen molar-refractivity contribution in [2.24, 2.45) is 0 Å². The number of hydrogen-bond donors (Lipinski definition) is 1. The first kappa shape index (κ1) is 14.3. The van der Waals surface area contributed by atoms with Crippen molar-refractivity contribution in [3.63, 3.8) is 0 Å². The van der Waals surface area contributed by atoms with Gasteiger partial charge in [-0.25, -0.2) is 0 Å². The molecule has 1 nitrogen and oxygen atoms in total. The summed E-state index contributed by atoms with van der Waals surface area (Å²) >= 11 is 1.86. The van der Waals surface area contributed by atoms with Crippen LogP contribution in [0.5, 0.6) is 0 Å². The summed E-state index contributed by atoms with van der Waals surface area (Å²) in [5, 5.41) is 5.75. The molecule has 102 valence electrons. The fourth-order valence-corrected chi connectivity index (χ4v) is 3.07. The van der Waals surface area contributed by atoms with E-state index in [0.717, 1.165) is 13.0 Å². The van der Waals surface area contributed by atoms with E-state index in [-0.39, 0.29) is 0 Å². The van der Waals surface area contributed by atoms with Crippen LogP contribution in [0.3, 0.4) is 0 Å². The number of thiophene rings is 1. The predicted octanol–water partition coefficient (Wildman–Crippen LogP) is 4.38. The van der Waals surface area contributed by atoms with E-state index < -0.39 is 0 Å². The first-order valence-electron chi connectivity index (χ1n) is 6.97. The Morgan fingerprint density at radius 1 is 1.16 bits per heavy atom. The van der Waals surface area contributed by atoms with Gasteiger partial charge in [-0.3, -0.25) is 0 Å². The van der Waals surface area contributed by atoms with Gasteiger partial charge in [0.15, 0.2) is 0 Å². The molecule has 0 aliphatic rings. The fraction of sp³-hybridized carbons (Fsp3) is 0.412. The van der Waals surface area contributed by atoms with Gasteiger partial charge in [0.2, 0.25) is 0 Å². The average molecular weight is 273 g/mol. The Kier molecular flexibility index (Phi) is 5.17. The van der Waals surface area contributed by atoms with Crippen molar-refractivity contribution in [2.45, 2.75) is 39.2 Å². The van der Waals surface area contributed by atoms with Gasteiger partial charge in [-0.15, -0.1) is 11.3 Å². The summed E-state index contributed by atoms with van der Waals surface area (Å²) in [6, 6.07) is 13.8. The van der Waals surface area contributed by atoms with Crippen LogP contribution in [0, 0.1) is 6.92 Å². The van der Waals surface area contributed by atoms with Crippen LogP contribution < -0.4 is 5.32 Å². The third-order valence-corrected chi connectivity index (χ3v) is 4.21. The lowest BCUT2D eigenvalue weighted by atomic mass is 9.93. The normalized spacial score (nSPS) is 12.8. The Bertz CT molecular complexity index is 488. The van der Waals surface area contributed by atoms with Crippen molar-refractivity contribution in [3.05, 3.63) is 57.8 Å². The standard InChI is InChI=1S/C17H23NS/c1-13(2)18-12-16(11-17-8-5-9-19-17)15-7-4-6-14(3)10-15/h4-10,13,16,18H,11-12H2,1-3H3. The first-order chi connectivity index (χ1) is 9.15. The quantitative estimate of drug-likeness (QED) is 0.823. The van der Waals surface area contributed by atoms with E-state index in [1.807, 2.05) is 11.3 Å². The summed E-state index contributed by atoms with van der Waals surface area (Å²) in [5.41, 5.74) is 2.79. The average Bonchev–Trinajstić information content (AvgIpc) is 2.87. The van der Waals surface area contributed by atoms with Crippen molar-refractivity contribution in [1.29, 1.82) is 0 Å². The highest BCUT2D eigenvalue weighted by molar-refractivity contribution is 7.09. The lowest BCUT2D eigenvalue weighted by Crippen LogP contribution is -2.28. The molecule has 1 atom stereocenters. The maximum absolute atomic E-state index is 3.58. The molecule has 1 heterocycles. The molecule has 0 amide bonds. The van der Waals surface area contributed by atoms with Gasteiger partial charge in [0, 0.05) is 23.4 Å². The minimum absolute atomic E-state index is 0.538. The summed E-state index contributed by atoms with van der Waals surface area (Å²) in [6.07, 6.45) is 1.13. The summed E-state index contributed by atoms with van der Waals surface area (Å²) in [6.45, 7) is 7.62. The van der Waals surface area contributed by atoms with Crippen LogP contribution >= 0.6 is 11.3 Å². The molecule has 2 heteroatoms. The molecule has 2 rings (SSSR count). The van der Waals surface area contributed by atoms with Crippen molar-refractivity contribution < 1.29 is 0 Å². The molecular formula is C17H23NS. The smallest absolute Gasteiger partial charge is 0.00517 e. The zero-order valence-corrected chi connectivity index (χ0v) is 12.8. The Morgan fingerprint density at radius 2 is 2.00 bits per heavy atom. The van der Waals surface area contributed by atoms with Crippen molar-refractivity contribution in [2.75, 3.05) is 6.54 Å². The number of aryl methyl sites for hydroxylation is 1. The van der Waals surface area contributed by atoms with Crippen LogP contribution in [0.4, 0.5) is 0 Å². The molecule has 1 aromatic heterocycles. The van der Waals surface area contributed by atoms with E-state index in [9.17, 15) is 0 Å². The molecule has 0 spiro atoms. The van der Waals surface area contributed by atoms with Crippen LogP contribution in [-0.2, 0) is 6.42 Å². The highest BCUT2D eigenvalue weighted by atomic mass is 32.1. The van der Waals surface area contributed by atoms with E-state index in [1.54, 1.807) is 0 Å². The third kappa shape index (κ3) is 4.48. The monoisotopic (exact) mass is 273 g/mol. The van der Waals surface area contributed by atoms with E-state index >= 15 is 0 Å². The molecule has 0 bridgehead atoms. The summed E-state index contributed by atoms with van der Waals surface area (Å²) in [5.74, 6) is 0.556. The molecule has 0 aliphatic carbocycles. The number of nitrogens with one attached hydrogen (secondary N) is 1. The maximum atomic E-state index is 3.58. The van der Waals surface area contributed by atoms with Gasteiger partial charge in [0.1, 0.15) is 0 Å². The van der Waals surface area contributed by atoms with Crippen LogP contribution in [0.1, 0.15) is 35.8 Å². The molecule has 0 radical (unpaired) electrons. The minimum atomic E-state index is 0.538. The first-order valence-corrected chi connectivity index (χ1v) is 7.85. The molecule has 1 N–H and O–H groups in total. The lowest BCUT2D eigenvalue weighted by Gasteiger charge is -2.19. The molecule has 0 saturated carbocycles. The van der Waals surface area contributed by atoms with Crippen molar-refractivity contribution in [3.8, 4) is 0 Å². The Labute approximate surface area is 120 Å². The fourth-order valence-electron chi connectivity index (χ4n) is 2.28. The Hall–Kier alpha value is -1.12. The van der Waals surface area contributed by atoms with Crippen LogP contribution in [0.2, 0.25) is 0 Å². The highest BCUT2D eigenvalue weighted by Gasteiger charge is 2.13. The van der Waals surface area contributed by atoms with Gasteiger partial charge in [0.05, 0.1) is 0 Å². The maximum Gasteiger partial charge on any atom is 0.00517 e. The van der Waals surface area contributed by atoms with Gasteiger partial charge in [-0.2, -0.15) is 0 Å². The second kappa shape index (κ2) is 6.88. The van der Waals surface area contributed by atoms with Gasteiger partial charge in [-0.05, 0) is 30.4 Å². The van der Waals surface area contributed by atoms with E-state index in [2.05, 4.69) is 67.9 Å². The highest BCUT2D eigenvalue weighted by Crippen LogP contribution is 2.23. The van der Waals surface area contributed by atoms with Crippen LogP contribution in [-0.4, -0.2) is 12.6 Å². The number of rotatable bonds is 6. The molecule has 2 aromatic rings. The van der Waals surface area contributed by atoms with Crippen molar-refractivity contribution in [1.82, 2.24) is 5.32 Å². The van der Waals surface area contributed by atoms with Crippen molar-refractivity contribution >= 4 is 11.3 Å². The molecule has 1 unspecified atom stereocenters. The second-order valence-corrected chi connectivity index (χ2v) is 6.49. The van der Waals surface area contributed by atoms with Gasteiger partial charge in [0.25, 0.3) is 0 Å². The van der Waals surface area contributed by atoms with Gasteiger partial charge in [-0.1, -0.05) is 49.7 Å². The predicted molar refractivity (Wildman–Crippen MR) is 85.1 cm³/mol. The SMILES string of the molecule is Cc1cccc(C(CNC(C)C)Cc2cccs2)c1. The largest absolute Gasteiger partial charge is 0.314 e. The summed E-state index contributed by atoms with van der Waals surface area (Å²) in [4.78, 5) is 1.47. The second-order valence-electron chi connectivity index (χ2n) is 5.46. The van der Waals surface area contributed by atoms with Crippen LogP contribution in [0.15, 0.2) is 41.8 Å². The lowest BCUT2D eigenvalue weighted by molar-refractivity contribution is 0.528. The van der Waals surface area contributed by atoms with Gasteiger partial charge >= 0.3 is 0 Å². The van der Waals surface area contributed by atoms with E-state index in [0.29, 0.717) is 12.0 Å². The van der Waals surface area contributed by atoms with Gasteiger partial charge < -0.3 is 5.32 Å². The molecule has 0 aliphatic heterocycles. The third-order valence-electron chi connectivity index (χ3n) is 3.31. The molecule has 0 fully saturated rings. The number of hydrogen-bond acceptors (Lipinski definition) is 2. The number of benzene rings is 1. The summed E-state index contributed by atoms with van der Waals surface area (Å²) in [7, 11) is 0. The van der Waals surface area contributed by atoms with E-state index in [1.165, 1.54) is 16.0 Å². The Morgan fingerprint density at radius 3 is 2.63 bits per heavy atom. The summed E-state index contributed by atoms with van der Waals surface area (Å²) < 4.78 is 0. The zero-order valence-electron chi connectivity index (χ0n) is 12.0. The molecule has 0 saturated heterocycles. The molecule has 19 heavy (non-hydrogen) atoms. The molecule has 1 aromatic carbocycles. The Balaban J connectivity index is 2.13. The topological polar surface area (TPSA) is 12.0 Å². The zero-order chi connectivity index (χ0) is 13.7. The molecular weight excluding hydrogens is 250 g/mol. The van der Waals surface area contributed by atoms with Crippen LogP contribution in [0.25, 0.3) is 0 Å². The van der Waals surface area contributed by atoms with E-state index in [4.69, 9.17) is 0 Å².